The third-order valence-electron chi connectivity index (χ3n) is 4.71. The molecule has 0 aromatic carbocycles. The summed E-state index contributed by atoms with van der Waals surface area (Å²) >= 11 is 2.09. The zero-order valence-electron chi connectivity index (χ0n) is 11.6. The molecule has 2 aliphatic carbocycles. The van der Waals surface area contributed by atoms with Gasteiger partial charge in [-0.05, 0) is 44.3 Å². The molecule has 0 radical (unpaired) electrons. The monoisotopic (exact) mass is 255 g/mol. The summed E-state index contributed by atoms with van der Waals surface area (Å²) in [4.78, 5) is 0. The Balaban J connectivity index is 1.81. The number of hydrogen-bond acceptors (Lipinski definition) is 2. The van der Waals surface area contributed by atoms with Crippen LogP contribution in [0.3, 0.4) is 0 Å². The van der Waals surface area contributed by atoms with E-state index >= 15 is 0 Å². The van der Waals surface area contributed by atoms with Gasteiger partial charge in [-0.15, -0.1) is 0 Å². The van der Waals surface area contributed by atoms with Crippen LogP contribution in [-0.4, -0.2) is 23.6 Å². The molecule has 1 nitrogen and oxygen atoms in total. The number of hydrogen-bond donors (Lipinski definition) is 1. The fraction of sp³-hybridized carbons (Fsp3) is 1.00. The standard InChI is InChI=1S/C15H29NS/c1-12-6-5-7-13(11-10-12)16-14-8-3-4-9-15(14)17-2/h12-16H,3-11H2,1-2H3. The SMILES string of the molecule is CSC1CCCCC1NC1CCCC(C)CC1. The molecule has 2 rings (SSSR count). The molecule has 17 heavy (non-hydrogen) atoms. The van der Waals surface area contributed by atoms with Gasteiger partial charge in [-0.1, -0.05) is 32.6 Å². The molecule has 1 N–H and O–H groups in total. The van der Waals surface area contributed by atoms with Crippen molar-refractivity contribution in [3.63, 3.8) is 0 Å². The molecule has 0 saturated heterocycles. The lowest BCUT2D eigenvalue weighted by Gasteiger charge is -2.34. The van der Waals surface area contributed by atoms with Crippen LogP contribution >= 0.6 is 11.8 Å². The average molecular weight is 255 g/mol. The van der Waals surface area contributed by atoms with E-state index in [2.05, 4.69) is 30.3 Å². The molecular formula is C15H29NS. The van der Waals surface area contributed by atoms with Gasteiger partial charge in [0, 0.05) is 17.3 Å². The van der Waals surface area contributed by atoms with Crippen LogP contribution in [0, 0.1) is 5.92 Å². The Kier molecular flexibility index (Phi) is 5.68. The van der Waals surface area contributed by atoms with E-state index in [-0.39, 0.29) is 0 Å². The van der Waals surface area contributed by atoms with E-state index in [0.717, 1.165) is 23.3 Å². The van der Waals surface area contributed by atoms with Crippen LogP contribution in [0.2, 0.25) is 0 Å². The Morgan fingerprint density at radius 1 is 0.882 bits per heavy atom. The van der Waals surface area contributed by atoms with Gasteiger partial charge in [0.15, 0.2) is 0 Å². The van der Waals surface area contributed by atoms with Crippen LogP contribution in [-0.2, 0) is 0 Å². The summed E-state index contributed by atoms with van der Waals surface area (Å²) in [6.07, 6.45) is 15.2. The largest absolute Gasteiger partial charge is 0.310 e. The predicted molar refractivity (Wildman–Crippen MR) is 78.7 cm³/mol. The Morgan fingerprint density at radius 3 is 2.53 bits per heavy atom. The third kappa shape index (κ3) is 4.17. The van der Waals surface area contributed by atoms with Crippen LogP contribution in [0.4, 0.5) is 0 Å². The summed E-state index contributed by atoms with van der Waals surface area (Å²) in [7, 11) is 0. The second-order valence-electron chi connectivity index (χ2n) is 6.14. The zero-order chi connectivity index (χ0) is 12.1. The van der Waals surface area contributed by atoms with Crippen molar-refractivity contribution < 1.29 is 0 Å². The van der Waals surface area contributed by atoms with Crippen molar-refractivity contribution in [2.75, 3.05) is 6.26 Å². The summed E-state index contributed by atoms with van der Waals surface area (Å²) in [5, 5.41) is 4.88. The smallest absolute Gasteiger partial charge is 0.0198 e. The van der Waals surface area contributed by atoms with E-state index < -0.39 is 0 Å². The van der Waals surface area contributed by atoms with Gasteiger partial charge in [0.2, 0.25) is 0 Å². The first kappa shape index (κ1) is 13.7. The van der Waals surface area contributed by atoms with Gasteiger partial charge in [0.1, 0.15) is 0 Å². The predicted octanol–water partition coefficient (Wildman–Crippen LogP) is 4.22. The van der Waals surface area contributed by atoms with Gasteiger partial charge < -0.3 is 5.32 Å². The third-order valence-corrected chi connectivity index (χ3v) is 5.88. The normalized spacial score (nSPS) is 39.9. The summed E-state index contributed by atoms with van der Waals surface area (Å²) in [6.45, 7) is 2.42. The number of thioether (sulfide) groups is 1. The molecule has 2 fully saturated rings. The molecule has 4 atom stereocenters. The second-order valence-corrected chi connectivity index (χ2v) is 7.22. The van der Waals surface area contributed by atoms with Crippen molar-refractivity contribution in [3.05, 3.63) is 0 Å². The lowest BCUT2D eigenvalue weighted by molar-refractivity contribution is 0.326. The highest BCUT2D eigenvalue weighted by Gasteiger charge is 2.27. The molecular weight excluding hydrogens is 226 g/mol. The summed E-state index contributed by atoms with van der Waals surface area (Å²) in [5.74, 6) is 0.963. The van der Waals surface area contributed by atoms with Crippen molar-refractivity contribution in [1.82, 2.24) is 5.32 Å². The first-order valence-corrected chi connectivity index (χ1v) is 8.87. The molecule has 0 amide bonds. The molecule has 2 aliphatic rings. The molecule has 4 unspecified atom stereocenters. The Bertz CT molecular complexity index is 219. The van der Waals surface area contributed by atoms with E-state index in [1.54, 1.807) is 0 Å². The van der Waals surface area contributed by atoms with Gasteiger partial charge in [-0.3, -0.25) is 0 Å². The fourth-order valence-electron chi connectivity index (χ4n) is 3.53. The molecule has 0 heterocycles. The maximum absolute atomic E-state index is 4.00. The van der Waals surface area contributed by atoms with E-state index in [1.807, 2.05) is 0 Å². The highest BCUT2D eigenvalue weighted by molar-refractivity contribution is 7.99. The van der Waals surface area contributed by atoms with Gasteiger partial charge in [-0.2, -0.15) is 11.8 Å². The number of nitrogens with one attached hydrogen (secondary N) is 1. The molecule has 2 saturated carbocycles. The molecule has 100 valence electrons. The summed E-state index contributed by atoms with van der Waals surface area (Å²) in [5.41, 5.74) is 0. The molecule has 0 spiro atoms. The quantitative estimate of drug-likeness (QED) is 0.758. The molecule has 0 aromatic rings. The van der Waals surface area contributed by atoms with Crippen LogP contribution in [0.15, 0.2) is 0 Å². The van der Waals surface area contributed by atoms with Crippen LogP contribution < -0.4 is 5.32 Å². The van der Waals surface area contributed by atoms with Gasteiger partial charge in [0.05, 0.1) is 0 Å². The highest BCUT2D eigenvalue weighted by Crippen LogP contribution is 2.29. The summed E-state index contributed by atoms with van der Waals surface area (Å²) < 4.78 is 0. The van der Waals surface area contributed by atoms with E-state index in [9.17, 15) is 0 Å². The molecule has 0 bridgehead atoms. The van der Waals surface area contributed by atoms with Gasteiger partial charge >= 0.3 is 0 Å². The lowest BCUT2D eigenvalue weighted by atomic mass is 9.93. The maximum atomic E-state index is 4.00. The Morgan fingerprint density at radius 2 is 1.71 bits per heavy atom. The van der Waals surface area contributed by atoms with E-state index in [1.165, 1.54) is 57.8 Å². The van der Waals surface area contributed by atoms with Crippen LogP contribution in [0.25, 0.3) is 0 Å². The van der Waals surface area contributed by atoms with Crippen LogP contribution in [0.1, 0.15) is 64.7 Å². The van der Waals surface area contributed by atoms with Crippen LogP contribution in [0.5, 0.6) is 0 Å². The van der Waals surface area contributed by atoms with Crippen molar-refractivity contribution >= 4 is 11.8 Å². The summed E-state index contributed by atoms with van der Waals surface area (Å²) in [6, 6.07) is 1.62. The first-order chi connectivity index (χ1) is 8.29. The minimum absolute atomic E-state index is 0.803. The zero-order valence-corrected chi connectivity index (χ0v) is 12.4. The first-order valence-electron chi connectivity index (χ1n) is 7.58. The topological polar surface area (TPSA) is 12.0 Å². The van der Waals surface area contributed by atoms with E-state index in [0.29, 0.717) is 0 Å². The average Bonchev–Trinajstić information content (AvgIpc) is 2.55. The minimum Gasteiger partial charge on any atom is -0.310 e. The van der Waals surface area contributed by atoms with Gasteiger partial charge in [-0.25, -0.2) is 0 Å². The fourth-order valence-corrected chi connectivity index (χ4v) is 4.47. The van der Waals surface area contributed by atoms with Gasteiger partial charge in [0.25, 0.3) is 0 Å². The van der Waals surface area contributed by atoms with Crippen molar-refractivity contribution in [1.29, 1.82) is 0 Å². The maximum Gasteiger partial charge on any atom is 0.0198 e. The minimum atomic E-state index is 0.803. The highest BCUT2D eigenvalue weighted by atomic mass is 32.2. The molecule has 0 aliphatic heterocycles. The van der Waals surface area contributed by atoms with E-state index in [4.69, 9.17) is 0 Å². The van der Waals surface area contributed by atoms with Crippen molar-refractivity contribution in [2.45, 2.75) is 82.0 Å². The number of rotatable bonds is 3. The van der Waals surface area contributed by atoms with Crippen molar-refractivity contribution in [2.24, 2.45) is 5.92 Å². The molecule has 2 heteroatoms. The Hall–Kier alpha value is 0.310. The van der Waals surface area contributed by atoms with Crippen molar-refractivity contribution in [3.8, 4) is 0 Å². The Labute approximate surface area is 112 Å². The second kappa shape index (κ2) is 7.04. The molecule has 0 aromatic heterocycles. The lowest BCUT2D eigenvalue weighted by Crippen LogP contribution is -2.45.